The second-order valence-corrected chi connectivity index (χ2v) is 7.95. The number of alkyl halides is 3. The summed E-state index contributed by atoms with van der Waals surface area (Å²) in [6.07, 6.45) is -3.66. The summed E-state index contributed by atoms with van der Waals surface area (Å²) in [6, 6.07) is 9.88. The van der Waals surface area contributed by atoms with Gasteiger partial charge in [-0.25, -0.2) is 0 Å². The van der Waals surface area contributed by atoms with Crippen LogP contribution in [0.4, 0.5) is 24.5 Å². The van der Waals surface area contributed by atoms with Gasteiger partial charge in [-0.1, -0.05) is 6.07 Å². The summed E-state index contributed by atoms with van der Waals surface area (Å²) in [5, 5.41) is 13.5. The quantitative estimate of drug-likeness (QED) is 0.569. The summed E-state index contributed by atoms with van der Waals surface area (Å²) in [5.41, 5.74) is -0.0215. The maximum atomic E-state index is 12.7. The molecule has 0 aliphatic carbocycles. The minimum Gasteiger partial charge on any atom is -0.426 e. The van der Waals surface area contributed by atoms with Crippen LogP contribution in [0.25, 0.3) is 0 Å². The number of piperidine rings is 1. The maximum Gasteiger partial charge on any atom is 0.416 e. The third-order valence-corrected chi connectivity index (χ3v) is 5.65. The maximum absolute atomic E-state index is 12.7. The van der Waals surface area contributed by atoms with Gasteiger partial charge in [-0.3, -0.25) is 9.59 Å². The van der Waals surface area contributed by atoms with E-state index >= 15 is 0 Å². The summed E-state index contributed by atoms with van der Waals surface area (Å²) in [4.78, 5) is 25.7. The van der Waals surface area contributed by atoms with Gasteiger partial charge in [0.2, 0.25) is 5.91 Å². The van der Waals surface area contributed by atoms with Crippen molar-refractivity contribution in [2.24, 2.45) is 0 Å². The van der Waals surface area contributed by atoms with Gasteiger partial charge in [0.1, 0.15) is 5.75 Å². The van der Waals surface area contributed by atoms with Crippen LogP contribution in [0.1, 0.15) is 30.4 Å². The van der Waals surface area contributed by atoms with Crippen molar-refractivity contribution in [1.82, 2.24) is 0 Å². The molecule has 0 aromatic heterocycles. The molecule has 31 heavy (non-hydrogen) atoms. The van der Waals surface area contributed by atoms with Crippen molar-refractivity contribution in [3.8, 4) is 5.75 Å². The van der Waals surface area contributed by atoms with Crippen LogP contribution in [0.3, 0.4) is 0 Å². The molecule has 2 heterocycles. The molecule has 2 N–H and O–H groups in total. The van der Waals surface area contributed by atoms with E-state index in [1.807, 2.05) is 4.90 Å². The third kappa shape index (κ3) is 4.82. The number of halogens is 3. The molecule has 1 saturated heterocycles. The molecule has 1 amide bonds. The molecule has 9 heteroatoms. The number of nitrogens with zero attached hydrogens (tertiary/aromatic N) is 1. The zero-order chi connectivity index (χ0) is 22.2. The molecule has 2 aliphatic heterocycles. The highest BCUT2D eigenvalue weighted by Crippen LogP contribution is 2.33. The van der Waals surface area contributed by atoms with Crippen LogP contribution in [0.15, 0.2) is 42.5 Å². The van der Waals surface area contributed by atoms with Crippen molar-refractivity contribution in [3.63, 3.8) is 0 Å². The smallest absolute Gasteiger partial charge is 0.416 e. The highest BCUT2D eigenvalue weighted by Gasteiger charge is 2.35. The van der Waals surface area contributed by atoms with E-state index in [1.54, 1.807) is 18.2 Å². The molecule has 6 nitrogen and oxygen atoms in total. The van der Waals surface area contributed by atoms with Gasteiger partial charge in [-0.05, 0) is 43.2 Å². The van der Waals surface area contributed by atoms with Gasteiger partial charge >= 0.3 is 12.1 Å². The van der Waals surface area contributed by atoms with Crippen LogP contribution in [0, 0.1) is 0 Å². The summed E-state index contributed by atoms with van der Waals surface area (Å²) in [5.74, 6) is -0.284. The molecule has 0 atom stereocenters. The summed E-state index contributed by atoms with van der Waals surface area (Å²) >= 11 is 0. The number of esters is 1. The molecule has 0 unspecified atom stereocenters. The Morgan fingerprint density at radius 3 is 2.45 bits per heavy atom. The van der Waals surface area contributed by atoms with E-state index in [4.69, 9.17) is 4.74 Å². The molecule has 0 radical (unpaired) electrons. The van der Waals surface area contributed by atoms with Crippen molar-refractivity contribution < 1.29 is 32.6 Å². The van der Waals surface area contributed by atoms with Gasteiger partial charge in [0.05, 0.1) is 24.0 Å². The Bertz CT molecular complexity index is 997. The van der Waals surface area contributed by atoms with Gasteiger partial charge in [-0.2, -0.15) is 13.2 Å². The minimum absolute atomic E-state index is 0.106. The highest BCUT2D eigenvalue weighted by atomic mass is 19.4. The van der Waals surface area contributed by atoms with Crippen molar-refractivity contribution in [2.75, 3.05) is 23.3 Å². The Balaban J connectivity index is 1.32. The summed E-state index contributed by atoms with van der Waals surface area (Å²) in [7, 11) is 0. The lowest BCUT2D eigenvalue weighted by atomic mass is 9.87. The molecule has 0 saturated carbocycles. The molecule has 2 aliphatic rings. The predicted octanol–water partition coefficient (Wildman–Crippen LogP) is 3.53. The number of carbonyl (C=O) groups excluding carboxylic acids is 2. The van der Waals surface area contributed by atoms with Gasteiger partial charge in [-0.15, -0.1) is 0 Å². The van der Waals surface area contributed by atoms with Gasteiger partial charge in [0, 0.05) is 36.1 Å². The molecular weight excluding hydrogens is 413 g/mol. The number of ether oxygens (including phenoxy) is 1. The number of anilines is 2. The first-order valence-corrected chi connectivity index (χ1v) is 9.89. The number of rotatable bonds is 4. The fraction of sp³-hybridized carbons (Fsp3) is 0.364. The number of hydrogen-bond donors (Lipinski definition) is 2. The number of carbonyl (C=O) groups is 2. The molecular formula is C22H21F3N2O4. The summed E-state index contributed by atoms with van der Waals surface area (Å²) in [6.45, 7) is 0.841. The van der Waals surface area contributed by atoms with Crippen LogP contribution in [0.5, 0.6) is 5.75 Å². The zero-order valence-electron chi connectivity index (χ0n) is 16.5. The average Bonchev–Trinajstić information content (AvgIpc) is 3.07. The van der Waals surface area contributed by atoms with E-state index in [9.17, 15) is 27.9 Å². The Morgan fingerprint density at radius 1 is 1.13 bits per heavy atom. The van der Waals surface area contributed by atoms with Crippen LogP contribution in [-0.2, 0) is 22.2 Å². The second kappa shape index (κ2) is 7.88. The Hall–Kier alpha value is -3.07. The largest absolute Gasteiger partial charge is 0.426 e. The number of aliphatic hydroxyl groups is 1. The van der Waals surface area contributed by atoms with Crippen molar-refractivity contribution >= 4 is 23.3 Å². The molecule has 1 fully saturated rings. The first-order valence-electron chi connectivity index (χ1n) is 9.89. The lowest BCUT2D eigenvalue weighted by molar-refractivity contribution is -0.137. The monoisotopic (exact) mass is 434 g/mol. The Labute approximate surface area is 176 Å². The van der Waals surface area contributed by atoms with Gasteiger partial charge in [0.15, 0.2) is 0 Å². The van der Waals surface area contributed by atoms with Crippen molar-refractivity contribution in [1.29, 1.82) is 0 Å². The third-order valence-electron chi connectivity index (χ3n) is 5.65. The molecule has 0 bridgehead atoms. The van der Waals surface area contributed by atoms with E-state index in [1.165, 1.54) is 12.1 Å². The van der Waals surface area contributed by atoms with E-state index in [-0.39, 0.29) is 24.7 Å². The van der Waals surface area contributed by atoms with Crippen LogP contribution < -0.4 is 15.0 Å². The topological polar surface area (TPSA) is 78.9 Å². The van der Waals surface area contributed by atoms with E-state index < -0.39 is 17.3 Å². The van der Waals surface area contributed by atoms with Crippen LogP contribution in [0.2, 0.25) is 0 Å². The minimum atomic E-state index is -4.38. The molecule has 0 spiro atoms. The average molecular weight is 434 g/mol. The number of fused-ring (bicyclic) bond motifs is 1. The SMILES string of the molecule is O=C(CC1(O)CCN(c2ccc(C(F)(F)F)cc2)CC1)Nc1ccc2c(c1)OC(=O)C2. The Kier molecular flexibility index (Phi) is 5.38. The summed E-state index contributed by atoms with van der Waals surface area (Å²) < 4.78 is 43.2. The van der Waals surface area contributed by atoms with Crippen molar-refractivity contribution in [3.05, 3.63) is 53.6 Å². The lowest BCUT2D eigenvalue weighted by Gasteiger charge is -2.39. The number of hydrogen-bond acceptors (Lipinski definition) is 5. The number of nitrogens with one attached hydrogen (secondary N) is 1. The molecule has 2 aromatic rings. The van der Waals surface area contributed by atoms with Gasteiger partial charge in [0.25, 0.3) is 0 Å². The van der Waals surface area contributed by atoms with E-state index in [0.717, 1.165) is 17.7 Å². The number of benzene rings is 2. The zero-order valence-corrected chi connectivity index (χ0v) is 16.5. The van der Waals surface area contributed by atoms with E-state index in [0.29, 0.717) is 43.1 Å². The Morgan fingerprint density at radius 2 is 1.81 bits per heavy atom. The fourth-order valence-corrected chi connectivity index (χ4v) is 3.91. The van der Waals surface area contributed by atoms with E-state index in [2.05, 4.69) is 5.32 Å². The van der Waals surface area contributed by atoms with Gasteiger partial charge < -0.3 is 20.1 Å². The van der Waals surface area contributed by atoms with Crippen molar-refractivity contribution in [2.45, 2.75) is 37.5 Å². The lowest BCUT2D eigenvalue weighted by Crippen LogP contribution is -2.46. The molecule has 4 rings (SSSR count). The molecule has 164 valence electrons. The molecule has 2 aromatic carbocycles. The highest BCUT2D eigenvalue weighted by molar-refractivity contribution is 5.92. The standard InChI is InChI=1S/C22H21F3N2O4/c23-22(24,25)15-2-5-17(6-3-15)27-9-7-21(30,8-10-27)13-19(28)26-16-4-1-14-11-20(29)31-18(14)12-16/h1-6,12,30H,7-11,13H2,(H,26,28). The first kappa shape index (κ1) is 21.2. The number of amides is 1. The first-order chi connectivity index (χ1) is 14.6. The predicted molar refractivity (Wildman–Crippen MR) is 107 cm³/mol. The second-order valence-electron chi connectivity index (χ2n) is 7.95. The fourth-order valence-electron chi connectivity index (χ4n) is 3.91. The normalized spacial score (nSPS) is 17.8. The van der Waals surface area contributed by atoms with Crippen LogP contribution in [-0.4, -0.2) is 35.7 Å². The van der Waals surface area contributed by atoms with Crippen LogP contribution >= 0.6 is 0 Å².